The fourth-order valence-electron chi connectivity index (χ4n) is 1.09. The first-order chi connectivity index (χ1) is 7.15. The van der Waals surface area contributed by atoms with Gasteiger partial charge in [0.15, 0.2) is 0 Å². The van der Waals surface area contributed by atoms with Gasteiger partial charge in [-0.05, 0) is 40.1 Å². The lowest BCUT2D eigenvalue weighted by Gasteiger charge is -2.10. The minimum absolute atomic E-state index is 0.380. The fraction of sp³-hybridized carbons (Fsp3) is 0.273. The highest BCUT2D eigenvalue weighted by atomic mass is 79.9. The molecule has 0 unspecified atom stereocenters. The molecule has 0 aromatic heterocycles. The molecule has 0 saturated heterocycles. The van der Waals surface area contributed by atoms with Gasteiger partial charge in [0.25, 0.3) is 0 Å². The Morgan fingerprint density at radius 3 is 2.93 bits per heavy atom. The van der Waals surface area contributed by atoms with Gasteiger partial charge >= 0.3 is 0 Å². The Morgan fingerprint density at radius 1 is 1.60 bits per heavy atom. The summed E-state index contributed by atoms with van der Waals surface area (Å²) in [7, 11) is 0. The molecule has 0 spiro atoms. The summed E-state index contributed by atoms with van der Waals surface area (Å²) < 4.78 is 6.38. The molecule has 0 radical (unpaired) electrons. The summed E-state index contributed by atoms with van der Waals surface area (Å²) >= 11 is 3.43. The maximum Gasteiger partial charge on any atom is 0.134 e. The molecule has 3 nitrogen and oxygen atoms in total. The van der Waals surface area contributed by atoms with Crippen molar-refractivity contribution in [2.45, 2.75) is 13.5 Å². The van der Waals surface area contributed by atoms with Crippen LogP contribution in [0.15, 0.2) is 34.8 Å². The number of hydrogen-bond donors (Lipinski definition) is 2. The molecule has 1 aromatic rings. The first kappa shape index (κ1) is 12.2. The average molecular weight is 272 g/mol. The van der Waals surface area contributed by atoms with Gasteiger partial charge < -0.3 is 9.94 Å². The van der Waals surface area contributed by atoms with E-state index in [1.54, 1.807) is 0 Å². The summed E-state index contributed by atoms with van der Waals surface area (Å²) in [5.41, 5.74) is 4.02. The Morgan fingerprint density at radius 2 is 2.33 bits per heavy atom. The smallest absolute Gasteiger partial charge is 0.134 e. The normalized spacial score (nSPS) is 10.1. The van der Waals surface area contributed by atoms with E-state index in [0.717, 1.165) is 21.4 Å². The predicted molar refractivity (Wildman–Crippen MR) is 63.1 cm³/mol. The summed E-state index contributed by atoms with van der Waals surface area (Å²) in [4.78, 5) is 0. The summed E-state index contributed by atoms with van der Waals surface area (Å²) in [6.45, 7) is 6.55. The minimum atomic E-state index is 0.380. The highest BCUT2D eigenvalue weighted by Gasteiger charge is 2.05. The van der Waals surface area contributed by atoms with Crippen molar-refractivity contribution in [1.29, 1.82) is 0 Å². The third-order valence-electron chi connectivity index (χ3n) is 1.79. The van der Waals surface area contributed by atoms with E-state index in [9.17, 15) is 0 Å². The second-order valence-electron chi connectivity index (χ2n) is 3.31. The third kappa shape index (κ3) is 3.66. The molecule has 0 aliphatic heterocycles. The van der Waals surface area contributed by atoms with Crippen molar-refractivity contribution in [2.24, 2.45) is 0 Å². The fourth-order valence-corrected chi connectivity index (χ4v) is 1.61. The van der Waals surface area contributed by atoms with Crippen LogP contribution in [0.25, 0.3) is 0 Å². The molecule has 0 aliphatic rings. The summed E-state index contributed by atoms with van der Waals surface area (Å²) in [5.74, 6) is 0.755. The first-order valence-corrected chi connectivity index (χ1v) is 5.36. The summed E-state index contributed by atoms with van der Waals surface area (Å²) in [6, 6.07) is 5.65. The van der Waals surface area contributed by atoms with Crippen LogP contribution in [0.5, 0.6) is 5.75 Å². The minimum Gasteiger partial charge on any atom is -0.488 e. The highest BCUT2D eigenvalue weighted by Crippen LogP contribution is 2.28. The van der Waals surface area contributed by atoms with E-state index in [1.165, 1.54) is 0 Å². The number of rotatable bonds is 5. The van der Waals surface area contributed by atoms with Crippen molar-refractivity contribution in [2.75, 3.05) is 6.61 Å². The number of halogens is 1. The predicted octanol–water partition coefficient (Wildman–Crippen LogP) is 2.88. The van der Waals surface area contributed by atoms with Gasteiger partial charge in [-0.25, -0.2) is 5.48 Å². The van der Waals surface area contributed by atoms with E-state index in [4.69, 9.17) is 9.94 Å². The number of ether oxygens (including phenoxy) is 1. The molecule has 0 amide bonds. The van der Waals surface area contributed by atoms with Crippen molar-refractivity contribution in [3.63, 3.8) is 0 Å². The maximum atomic E-state index is 8.63. The van der Waals surface area contributed by atoms with E-state index in [2.05, 4.69) is 28.0 Å². The van der Waals surface area contributed by atoms with E-state index in [-0.39, 0.29) is 0 Å². The molecule has 15 heavy (non-hydrogen) atoms. The Bertz CT molecular complexity index is 352. The van der Waals surface area contributed by atoms with Crippen LogP contribution in [-0.2, 0) is 6.54 Å². The lowest BCUT2D eigenvalue weighted by molar-refractivity contribution is 0.161. The molecule has 0 bridgehead atoms. The molecule has 0 fully saturated rings. The van der Waals surface area contributed by atoms with Gasteiger partial charge in [-0.15, -0.1) is 0 Å². The van der Waals surface area contributed by atoms with Gasteiger partial charge in [0.1, 0.15) is 12.4 Å². The number of nitrogens with one attached hydrogen (secondary N) is 1. The van der Waals surface area contributed by atoms with Gasteiger partial charge in [-0.3, -0.25) is 0 Å². The quantitative estimate of drug-likeness (QED) is 0.639. The monoisotopic (exact) mass is 271 g/mol. The standard InChI is InChI=1S/C11H14BrNO2/c1-8(2)7-15-10-5-3-4-9(6-13-14)11(10)12/h3-5,13-14H,1,6-7H2,2H3. The van der Waals surface area contributed by atoms with E-state index in [0.29, 0.717) is 13.2 Å². The zero-order valence-electron chi connectivity index (χ0n) is 8.59. The summed E-state index contributed by atoms with van der Waals surface area (Å²) in [5, 5.41) is 8.63. The van der Waals surface area contributed by atoms with Crippen molar-refractivity contribution in [3.05, 3.63) is 40.4 Å². The molecule has 0 aliphatic carbocycles. The largest absolute Gasteiger partial charge is 0.488 e. The van der Waals surface area contributed by atoms with Crippen LogP contribution in [-0.4, -0.2) is 11.8 Å². The third-order valence-corrected chi connectivity index (χ3v) is 2.69. The van der Waals surface area contributed by atoms with Crippen LogP contribution >= 0.6 is 15.9 Å². The number of hydrogen-bond acceptors (Lipinski definition) is 3. The SMILES string of the molecule is C=C(C)COc1cccc(CNO)c1Br. The van der Waals surface area contributed by atoms with E-state index in [1.807, 2.05) is 25.1 Å². The zero-order chi connectivity index (χ0) is 11.3. The Balaban J connectivity index is 2.79. The lowest BCUT2D eigenvalue weighted by atomic mass is 10.2. The molecule has 0 atom stereocenters. The van der Waals surface area contributed by atoms with Gasteiger partial charge in [-0.1, -0.05) is 18.7 Å². The molecular weight excluding hydrogens is 258 g/mol. The molecule has 82 valence electrons. The number of hydroxylamine groups is 1. The van der Waals surface area contributed by atoms with Crippen LogP contribution in [0.3, 0.4) is 0 Å². The highest BCUT2D eigenvalue weighted by molar-refractivity contribution is 9.10. The number of benzene rings is 1. The molecule has 4 heteroatoms. The maximum absolute atomic E-state index is 8.63. The summed E-state index contributed by atoms with van der Waals surface area (Å²) in [6.07, 6.45) is 0. The van der Waals surface area contributed by atoms with Gasteiger partial charge in [-0.2, -0.15) is 0 Å². The van der Waals surface area contributed by atoms with E-state index >= 15 is 0 Å². The van der Waals surface area contributed by atoms with E-state index < -0.39 is 0 Å². The van der Waals surface area contributed by atoms with Gasteiger partial charge in [0.05, 0.1) is 4.47 Å². The molecular formula is C11H14BrNO2. The van der Waals surface area contributed by atoms with Crippen LogP contribution in [0.1, 0.15) is 12.5 Å². The molecule has 1 rings (SSSR count). The van der Waals surface area contributed by atoms with Crippen LogP contribution < -0.4 is 10.2 Å². The zero-order valence-corrected chi connectivity index (χ0v) is 10.2. The van der Waals surface area contributed by atoms with Crippen LogP contribution in [0.4, 0.5) is 0 Å². The molecule has 1 aromatic carbocycles. The van der Waals surface area contributed by atoms with Crippen LogP contribution in [0, 0.1) is 0 Å². The van der Waals surface area contributed by atoms with Crippen molar-refractivity contribution < 1.29 is 9.94 Å². The second kappa shape index (κ2) is 5.90. The van der Waals surface area contributed by atoms with Crippen molar-refractivity contribution in [1.82, 2.24) is 5.48 Å². The molecule has 0 saturated carbocycles. The lowest BCUT2D eigenvalue weighted by Crippen LogP contribution is -2.07. The molecule has 0 heterocycles. The average Bonchev–Trinajstić information content (AvgIpc) is 2.19. The van der Waals surface area contributed by atoms with Crippen LogP contribution in [0.2, 0.25) is 0 Å². The van der Waals surface area contributed by atoms with Gasteiger partial charge in [0.2, 0.25) is 0 Å². The van der Waals surface area contributed by atoms with Gasteiger partial charge in [0, 0.05) is 6.54 Å². The topological polar surface area (TPSA) is 41.5 Å². The molecule has 2 N–H and O–H groups in total. The van der Waals surface area contributed by atoms with Crippen molar-refractivity contribution >= 4 is 15.9 Å². The second-order valence-corrected chi connectivity index (χ2v) is 4.10. The Labute approximate surface area is 97.8 Å². The Hall–Kier alpha value is -0.840. The van der Waals surface area contributed by atoms with Crippen molar-refractivity contribution in [3.8, 4) is 5.75 Å². The Kier molecular flexibility index (Phi) is 4.81. The first-order valence-electron chi connectivity index (χ1n) is 4.56.